The van der Waals surface area contributed by atoms with E-state index in [-0.39, 0.29) is 29.0 Å². The minimum Gasteiger partial charge on any atom is -0.487 e. The predicted molar refractivity (Wildman–Crippen MR) is 108 cm³/mol. The molecular weight excluding hydrogens is 374 g/mol. The molecule has 2 aromatic carbocycles. The van der Waals surface area contributed by atoms with Crippen LogP contribution in [0.4, 0.5) is 5.69 Å². The number of nitrogens with one attached hydrogen (secondary N) is 1. The molecule has 0 radical (unpaired) electrons. The number of carbonyl (C=O) groups is 1. The molecule has 0 bridgehead atoms. The van der Waals surface area contributed by atoms with E-state index in [1.54, 1.807) is 6.92 Å². The Morgan fingerprint density at radius 2 is 2.10 bits per heavy atom. The van der Waals surface area contributed by atoms with Gasteiger partial charge in [-0.1, -0.05) is 30.3 Å². The zero-order valence-corrected chi connectivity index (χ0v) is 16.4. The Bertz CT molecular complexity index is 843. The zero-order valence-electron chi connectivity index (χ0n) is 16.4. The van der Waals surface area contributed by atoms with Gasteiger partial charge >= 0.3 is 5.69 Å². The molecule has 2 aromatic rings. The molecule has 8 nitrogen and oxygen atoms in total. The van der Waals surface area contributed by atoms with E-state index >= 15 is 0 Å². The van der Waals surface area contributed by atoms with Crippen LogP contribution in [0.1, 0.15) is 22.8 Å². The van der Waals surface area contributed by atoms with Crippen LogP contribution in [0.15, 0.2) is 48.5 Å². The van der Waals surface area contributed by atoms with Crippen molar-refractivity contribution in [3.05, 3.63) is 69.8 Å². The lowest BCUT2D eigenvalue weighted by Gasteiger charge is -2.33. The van der Waals surface area contributed by atoms with Crippen LogP contribution < -0.4 is 10.1 Å². The van der Waals surface area contributed by atoms with Crippen molar-refractivity contribution in [1.29, 1.82) is 0 Å². The Morgan fingerprint density at radius 3 is 2.83 bits per heavy atom. The number of hydrogen-bond donors (Lipinski definition) is 1. The lowest BCUT2D eigenvalue weighted by molar-refractivity contribution is -0.385. The van der Waals surface area contributed by atoms with E-state index < -0.39 is 4.92 Å². The van der Waals surface area contributed by atoms with Gasteiger partial charge in [0.1, 0.15) is 0 Å². The maximum atomic E-state index is 12.5. The average molecular weight is 399 g/mol. The van der Waals surface area contributed by atoms with Gasteiger partial charge in [0.2, 0.25) is 0 Å². The van der Waals surface area contributed by atoms with Gasteiger partial charge in [-0.3, -0.25) is 19.8 Å². The molecule has 29 heavy (non-hydrogen) atoms. The largest absolute Gasteiger partial charge is 0.487 e. The molecule has 1 heterocycles. The van der Waals surface area contributed by atoms with Crippen molar-refractivity contribution in [2.45, 2.75) is 19.6 Å². The first kappa shape index (κ1) is 20.8. The fourth-order valence-corrected chi connectivity index (χ4v) is 3.28. The van der Waals surface area contributed by atoms with Gasteiger partial charge in [0.25, 0.3) is 5.91 Å². The van der Waals surface area contributed by atoms with Crippen molar-refractivity contribution in [2.24, 2.45) is 0 Å². The molecule has 1 aliphatic heterocycles. The molecule has 1 saturated heterocycles. The number of amides is 1. The van der Waals surface area contributed by atoms with Gasteiger partial charge in [0, 0.05) is 37.8 Å². The maximum Gasteiger partial charge on any atom is 0.311 e. The van der Waals surface area contributed by atoms with Gasteiger partial charge < -0.3 is 14.8 Å². The molecule has 1 aliphatic rings. The molecule has 1 N–H and O–H groups in total. The van der Waals surface area contributed by atoms with Crippen LogP contribution in [-0.2, 0) is 11.3 Å². The van der Waals surface area contributed by atoms with Crippen LogP contribution in [-0.4, -0.2) is 54.7 Å². The molecule has 8 heteroatoms. The zero-order chi connectivity index (χ0) is 20.6. The molecule has 1 fully saturated rings. The number of nitro groups is 1. The van der Waals surface area contributed by atoms with Crippen molar-refractivity contribution in [3.63, 3.8) is 0 Å². The SMILES string of the molecule is CCOc1ccc(C(=O)NCC2CN(Cc3ccccc3)CCO2)cc1[N+](=O)[O-]. The van der Waals surface area contributed by atoms with E-state index in [0.29, 0.717) is 26.3 Å². The van der Waals surface area contributed by atoms with E-state index in [1.807, 2.05) is 18.2 Å². The van der Waals surface area contributed by atoms with Crippen LogP contribution in [0.3, 0.4) is 0 Å². The average Bonchev–Trinajstić information content (AvgIpc) is 2.73. The maximum absolute atomic E-state index is 12.5. The third-order valence-electron chi connectivity index (χ3n) is 4.68. The second kappa shape index (κ2) is 9.99. The number of nitro benzene ring substituents is 1. The molecule has 0 aromatic heterocycles. The molecule has 1 unspecified atom stereocenters. The van der Waals surface area contributed by atoms with Crippen molar-refractivity contribution >= 4 is 11.6 Å². The number of nitrogens with zero attached hydrogens (tertiary/aromatic N) is 2. The molecule has 0 saturated carbocycles. The summed E-state index contributed by atoms with van der Waals surface area (Å²) in [7, 11) is 0. The van der Waals surface area contributed by atoms with E-state index in [0.717, 1.165) is 13.1 Å². The Morgan fingerprint density at radius 1 is 1.31 bits per heavy atom. The highest BCUT2D eigenvalue weighted by Crippen LogP contribution is 2.28. The van der Waals surface area contributed by atoms with E-state index in [9.17, 15) is 14.9 Å². The van der Waals surface area contributed by atoms with Gasteiger partial charge in [0.15, 0.2) is 5.75 Å². The van der Waals surface area contributed by atoms with Crippen LogP contribution in [0.5, 0.6) is 5.75 Å². The van der Waals surface area contributed by atoms with Crippen LogP contribution in [0, 0.1) is 10.1 Å². The fraction of sp³-hybridized carbons (Fsp3) is 0.381. The number of hydrogen-bond acceptors (Lipinski definition) is 6. The minimum absolute atomic E-state index is 0.130. The highest BCUT2D eigenvalue weighted by Gasteiger charge is 2.23. The number of rotatable bonds is 8. The van der Waals surface area contributed by atoms with Gasteiger partial charge in [-0.25, -0.2) is 0 Å². The lowest BCUT2D eigenvalue weighted by Crippen LogP contribution is -2.47. The normalized spacial score (nSPS) is 16.9. The first-order valence-corrected chi connectivity index (χ1v) is 9.64. The van der Waals surface area contributed by atoms with Crippen molar-refractivity contribution in [1.82, 2.24) is 10.2 Å². The van der Waals surface area contributed by atoms with Crippen LogP contribution in [0.25, 0.3) is 0 Å². The van der Waals surface area contributed by atoms with Crippen molar-refractivity contribution < 1.29 is 19.2 Å². The summed E-state index contributed by atoms with van der Waals surface area (Å²) >= 11 is 0. The summed E-state index contributed by atoms with van der Waals surface area (Å²) in [5.74, 6) is -0.221. The molecule has 1 atom stereocenters. The lowest BCUT2D eigenvalue weighted by atomic mass is 10.1. The van der Waals surface area contributed by atoms with E-state index in [4.69, 9.17) is 9.47 Å². The fourth-order valence-electron chi connectivity index (χ4n) is 3.28. The Hall–Kier alpha value is -2.97. The third-order valence-corrected chi connectivity index (χ3v) is 4.68. The number of benzene rings is 2. The highest BCUT2D eigenvalue weighted by molar-refractivity contribution is 5.95. The van der Waals surface area contributed by atoms with Gasteiger partial charge in [-0.15, -0.1) is 0 Å². The summed E-state index contributed by atoms with van der Waals surface area (Å²) in [6.07, 6.45) is -0.130. The topological polar surface area (TPSA) is 93.9 Å². The number of ether oxygens (including phenoxy) is 2. The monoisotopic (exact) mass is 399 g/mol. The molecule has 3 rings (SSSR count). The second-order valence-electron chi connectivity index (χ2n) is 6.80. The summed E-state index contributed by atoms with van der Waals surface area (Å²) in [4.78, 5) is 25.4. The molecule has 154 valence electrons. The Balaban J connectivity index is 1.56. The van der Waals surface area contributed by atoms with Crippen molar-refractivity contribution in [2.75, 3.05) is 32.8 Å². The smallest absolute Gasteiger partial charge is 0.311 e. The standard InChI is InChI=1S/C21H25N3O5/c1-2-28-20-9-8-17(12-19(20)24(26)27)21(25)22-13-18-15-23(10-11-29-18)14-16-6-4-3-5-7-16/h3-9,12,18H,2,10-11,13-15H2,1H3,(H,22,25). The second-order valence-corrected chi connectivity index (χ2v) is 6.80. The molecule has 0 aliphatic carbocycles. The van der Waals surface area contributed by atoms with Crippen LogP contribution >= 0.6 is 0 Å². The molecule has 0 spiro atoms. The predicted octanol–water partition coefficient (Wildman–Crippen LogP) is 2.62. The molecule has 1 amide bonds. The van der Waals surface area contributed by atoms with Gasteiger partial charge in [0.05, 0.1) is 24.2 Å². The van der Waals surface area contributed by atoms with Gasteiger partial charge in [-0.2, -0.15) is 0 Å². The summed E-state index contributed by atoms with van der Waals surface area (Å²) in [6.45, 7) is 5.37. The van der Waals surface area contributed by atoms with E-state index in [1.165, 1.54) is 23.8 Å². The Labute approximate surface area is 169 Å². The summed E-state index contributed by atoms with van der Waals surface area (Å²) < 4.78 is 11.0. The summed E-state index contributed by atoms with van der Waals surface area (Å²) in [5.41, 5.74) is 1.23. The summed E-state index contributed by atoms with van der Waals surface area (Å²) in [6, 6.07) is 14.4. The third kappa shape index (κ3) is 5.75. The molecular formula is C21H25N3O5. The summed E-state index contributed by atoms with van der Waals surface area (Å²) in [5, 5.41) is 14.0. The first-order valence-electron chi connectivity index (χ1n) is 9.64. The van der Waals surface area contributed by atoms with Crippen LogP contribution in [0.2, 0.25) is 0 Å². The van der Waals surface area contributed by atoms with Crippen molar-refractivity contribution in [3.8, 4) is 5.75 Å². The van der Waals surface area contributed by atoms with E-state index in [2.05, 4.69) is 22.3 Å². The Kier molecular flexibility index (Phi) is 7.15. The number of morpholine rings is 1. The number of carbonyl (C=O) groups excluding carboxylic acids is 1. The first-order chi connectivity index (χ1) is 14.1. The quantitative estimate of drug-likeness (QED) is 0.542. The highest BCUT2D eigenvalue weighted by atomic mass is 16.6. The minimum atomic E-state index is -0.548. The van der Waals surface area contributed by atoms with Gasteiger partial charge in [-0.05, 0) is 24.6 Å².